The van der Waals surface area contributed by atoms with E-state index in [4.69, 9.17) is 23.2 Å². The Hall–Kier alpha value is -1.02. The summed E-state index contributed by atoms with van der Waals surface area (Å²) in [6.45, 7) is 2.89. The van der Waals surface area contributed by atoms with Crippen molar-refractivity contribution in [2.75, 3.05) is 0 Å². The highest BCUT2D eigenvalue weighted by atomic mass is 35.5. The Balaban J connectivity index is 2.06. The van der Waals surface area contributed by atoms with Gasteiger partial charge in [0.25, 0.3) is 0 Å². The summed E-state index contributed by atoms with van der Waals surface area (Å²) in [5, 5.41) is 4.77. The second-order valence-corrected chi connectivity index (χ2v) is 5.25. The van der Waals surface area contributed by atoms with Crippen LogP contribution in [0, 0.1) is 0 Å². The number of halogens is 2. The monoisotopic (exact) mass is 293 g/mol. The summed E-state index contributed by atoms with van der Waals surface area (Å²) in [4.78, 5) is 0. The van der Waals surface area contributed by atoms with Gasteiger partial charge in [-0.25, -0.2) is 0 Å². The summed E-state index contributed by atoms with van der Waals surface area (Å²) in [7, 11) is 0. The summed E-state index contributed by atoms with van der Waals surface area (Å²) in [6.07, 6.45) is 1.03. The van der Waals surface area contributed by atoms with Gasteiger partial charge in [-0.3, -0.25) is 0 Å². The minimum Gasteiger partial charge on any atom is -0.306 e. The summed E-state index contributed by atoms with van der Waals surface area (Å²) < 4.78 is 0. The van der Waals surface area contributed by atoms with E-state index in [-0.39, 0.29) is 0 Å². The summed E-state index contributed by atoms with van der Waals surface area (Å²) in [5.74, 6) is 0. The molecule has 0 saturated heterocycles. The van der Waals surface area contributed by atoms with Gasteiger partial charge in [0.15, 0.2) is 0 Å². The van der Waals surface area contributed by atoms with Gasteiger partial charge < -0.3 is 5.32 Å². The van der Waals surface area contributed by atoms with Crippen molar-refractivity contribution in [3.8, 4) is 0 Å². The molecular formula is C16H17Cl2N. The summed E-state index contributed by atoms with van der Waals surface area (Å²) >= 11 is 12.2. The van der Waals surface area contributed by atoms with Crippen molar-refractivity contribution < 1.29 is 0 Å². The number of nitrogens with one attached hydrogen (secondary N) is 1. The van der Waals surface area contributed by atoms with Crippen molar-refractivity contribution in [3.63, 3.8) is 0 Å². The molecule has 0 fully saturated rings. The number of rotatable bonds is 5. The van der Waals surface area contributed by atoms with Crippen LogP contribution < -0.4 is 5.32 Å². The van der Waals surface area contributed by atoms with Crippen LogP contribution in [-0.2, 0) is 6.54 Å². The topological polar surface area (TPSA) is 12.0 Å². The maximum Gasteiger partial charge on any atom is 0.0637 e. The van der Waals surface area contributed by atoms with Gasteiger partial charge in [0, 0.05) is 12.6 Å². The zero-order valence-electron chi connectivity index (χ0n) is 10.9. The van der Waals surface area contributed by atoms with Crippen LogP contribution in [0.4, 0.5) is 0 Å². The maximum atomic E-state index is 6.19. The van der Waals surface area contributed by atoms with Crippen molar-refractivity contribution in [2.45, 2.75) is 25.9 Å². The van der Waals surface area contributed by atoms with Crippen molar-refractivity contribution in [1.82, 2.24) is 5.32 Å². The van der Waals surface area contributed by atoms with Gasteiger partial charge in [-0.05, 0) is 23.6 Å². The Bertz CT molecular complexity index is 526. The SMILES string of the molecule is CCC(NCc1cccc(Cl)c1Cl)c1ccccc1. The lowest BCUT2D eigenvalue weighted by Crippen LogP contribution is -2.20. The van der Waals surface area contributed by atoms with E-state index in [1.165, 1.54) is 5.56 Å². The van der Waals surface area contributed by atoms with Crippen molar-refractivity contribution in [2.24, 2.45) is 0 Å². The molecule has 0 saturated carbocycles. The quantitative estimate of drug-likeness (QED) is 0.795. The molecule has 0 radical (unpaired) electrons. The molecule has 2 rings (SSSR count). The first-order valence-electron chi connectivity index (χ1n) is 6.43. The lowest BCUT2D eigenvalue weighted by Gasteiger charge is -2.18. The molecule has 1 unspecified atom stereocenters. The minimum atomic E-state index is 0.330. The lowest BCUT2D eigenvalue weighted by atomic mass is 10.0. The van der Waals surface area contributed by atoms with Gasteiger partial charge >= 0.3 is 0 Å². The Labute approximate surface area is 124 Å². The van der Waals surface area contributed by atoms with E-state index in [1.807, 2.05) is 24.3 Å². The molecule has 0 bridgehead atoms. The standard InChI is InChI=1S/C16H17Cl2N/c1-2-15(12-7-4-3-5-8-12)19-11-13-9-6-10-14(17)16(13)18/h3-10,15,19H,2,11H2,1H3. The molecule has 0 aliphatic carbocycles. The molecule has 19 heavy (non-hydrogen) atoms. The fourth-order valence-corrected chi connectivity index (χ4v) is 2.49. The van der Waals surface area contributed by atoms with Gasteiger partial charge in [0.05, 0.1) is 10.0 Å². The van der Waals surface area contributed by atoms with Crippen LogP contribution in [0.3, 0.4) is 0 Å². The van der Waals surface area contributed by atoms with E-state index >= 15 is 0 Å². The average Bonchev–Trinajstić information content (AvgIpc) is 2.45. The van der Waals surface area contributed by atoms with Crippen molar-refractivity contribution in [1.29, 1.82) is 0 Å². The average molecular weight is 294 g/mol. The Kier molecular flexibility index (Phi) is 5.26. The molecular weight excluding hydrogens is 277 g/mol. The second kappa shape index (κ2) is 6.95. The fourth-order valence-electron chi connectivity index (χ4n) is 2.10. The van der Waals surface area contributed by atoms with Crippen LogP contribution in [-0.4, -0.2) is 0 Å². The first kappa shape index (κ1) is 14.4. The predicted octanol–water partition coefficient (Wildman–Crippen LogP) is 5.23. The molecule has 0 aromatic heterocycles. The molecule has 1 N–H and O–H groups in total. The smallest absolute Gasteiger partial charge is 0.0637 e. The van der Waals surface area contributed by atoms with Crippen molar-refractivity contribution >= 4 is 23.2 Å². The van der Waals surface area contributed by atoms with E-state index in [0.717, 1.165) is 12.0 Å². The Morgan fingerprint density at radius 2 is 1.74 bits per heavy atom. The van der Waals surface area contributed by atoms with E-state index in [2.05, 4.69) is 36.5 Å². The third-order valence-corrected chi connectivity index (χ3v) is 4.04. The first-order chi connectivity index (χ1) is 9.22. The highest BCUT2D eigenvalue weighted by Crippen LogP contribution is 2.26. The summed E-state index contributed by atoms with van der Waals surface area (Å²) in [5.41, 5.74) is 2.33. The van der Waals surface area contributed by atoms with Crippen molar-refractivity contribution in [3.05, 3.63) is 69.7 Å². The van der Waals surface area contributed by atoms with Crippen LogP contribution in [0.25, 0.3) is 0 Å². The van der Waals surface area contributed by atoms with Crippen LogP contribution in [0.15, 0.2) is 48.5 Å². The fraction of sp³-hybridized carbons (Fsp3) is 0.250. The zero-order chi connectivity index (χ0) is 13.7. The third kappa shape index (κ3) is 3.73. The highest BCUT2D eigenvalue weighted by Gasteiger charge is 2.10. The predicted molar refractivity (Wildman–Crippen MR) is 82.8 cm³/mol. The molecule has 1 nitrogen and oxygen atoms in total. The number of hydrogen-bond acceptors (Lipinski definition) is 1. The molecule has 2 aromatic carbocycles. The van der Waals surface area contributed by atoms with E-state index < -0.39 is 0 Å². The molecule has 0 heterocycles. The van der Waals surface area contributed by atoms with Gasteiger partial charge in [-0.1, -0.05) is 72.6 Å². The molecule has 1 atom stereocenters. The van der Waals surface area contributed by atoms with Gasteiger partial charge in [-0.2, -0.15) is 0 Å². The largest absolute Gasteiger partial charge is 0.306 e. The van der Waals surface area contributed by atoms with Crippen LogP contribution >= 0.6 is 23.2 Å². The normalized spacial score (nSPS) is 12.4. The third-order valence-electron chi connectivity index (χ3n) is 3.18. The Morgan fingerprint density at radius 1 is 1.00 bits per heavy atom. The molecule has 100 valence electrons. The van der Waals surface area contributed by atoms with Gasteiger partial charge in [0.1, 0.15) is 0 Å². The first-order valence-corrected chi connectivity index (χ1v) is 7.19. The number of hydrogen-bond donors (Lipinski definition) is 1. The lowest BCUT2D eigenvalue weighted by molar-refractivity contribution is 0.519. The van der Waals surface area contributed by atoms with Gasteiger partial charge in [-0.15, -0.1) is 0 Å². The molecule has 0 aliphatic rings. The Morgan fingerprint density at radius 3 is 2.42 bits per heavy atom. The van der Waals surface area contributed by atoms with E-state index in [1.54, 1.807) is 0 Å². The van der Waals surface area contributed by atoms with Crippen LogP contribution in [0.1, 0.15) is 30.5 Å². The summed E-state index contributed by atoms with van der Waals surface area (Å²) in [6, 6.07) is 16.5. The number of benzene rings is 2. The maximum absolute atomic E-state index is 6.19. The van der Waals surface area contributed by atoms with Gasteiger partial charge in [0.2, 0.25) is 0 Å². The minimum absolute atomic E-state index is 0.330. The molecule has 0 amide bonds. The van der Waals surface area contributed by atoms with Crippen LogP contribution in [0.5, 0.6) is 0 Å². The highest BCUT2D eigenvalue weighted by molar-refractivity contribution is 6.42. The van der Waals surface area contributed by atoms with Crippen LogP contribution in [0.2, 0.25) is 10.0 Å². The molecule has 3 heteroatoms. The molecule has 2 aromatic rings. The second-order valence-electron chi connectivity index (χ2n) is 4.47. The van der Waals surface area contributed by atoms with E-state index in [0.29, 0.717) is 22.6 Å². The van der Waals surface area contributed by atoms with E-state index in [9.17, 15) is 0 Å². The molecule has 0 spiro atoms. The zero-order valence-corrected chi connectivity index (χ0v) is 12.4. The molecule has 0 aliphatic heterocycles.